The molecular formula is C24H17BrClNO2. The lowest BCUT2D eigenvalue weighted by Gasteiger charge is -2.14. The summed E-state index contributed by atoms with van der Waals surface area (Å²) in [6.07, 6.45) is -0.485. The van der Waals surface area contributed by atoms with E-state index in [4.69, 9.17) is 16.3 Å². The predicted molar refractivity (Wildman–Crippen MR) is 119 cm³/mol. The molecule has 1 amide bonds. The fraction of sp³-hybridized carbons (Fsp3) is 0.125. The van der Waals surface area contributed by atoms with Crippen LogP contribution in [0.3, 0.4) is 0 Å². The molecule has 0 aromatic heterocycles. The molecule has 0 fully saturated rings. The molecule has 0 unspecified atom stereocenters. The molecule has 144 valence electrons. The average molecular weight is 467 g/mol. The maximum absolute atomic E-state index is 12.1. The predicted octanol–water partition coefficient (Wildman–Crippen LogP) is 5.99. The van der Waals surface area contributed by atoms with Gasteiger partial charge in [-0.15, -0.1) is 0 Å². The number of nitrogens with one attached hydrogen (secondary N) is 1. The number of hydrogen-bond acceptors (Lipinski definition) is 2. The molecule has 3 nitrogen and oxygen atoms in total. The van der Waals surface area contributed by atoms with E-state index in [0.717, 1.165) is 4.47 Å². The second kappa shape index (κ2) is 8.73. The van der Waals surface area contributed by atoms with Crippen molar-refractivity contribution >= 4 is 33.6 Å². The molecular weight excluding hydrogens is 450 g/mol. The molecule has 0 atom stereocenters. The van der Waals surface area contributed by atoms with E-state index < -0.39 is 6.09 Å². The molecule has 0 spiro atoms. The fourth-order valence-electron chi connectivity index (χ4n) is 3.50. The van der Waals surface area contributed by atoms with E-state index in [1.807, 2.05) is 36.4 Å². The number of amides is 1. The number of ether oxygens (including phenoxy) is 1. The maximum atomic E-state index is 12.1. The lowest BCUT2D eigenvalue weighted by atomic mass is 9.98. The first-order valence-corrected chi connectivity index (χ1v) is 10.3. The molecule has 0 bridgehead atoms. The number of benzene rings is 3. The van der Waals surface area contributed by atoms with Gasteiger partial charge in [0.1, 0.15) is 6.61 Å². The number of alkyl carbamates (subject to hydrolysis) is 1. The smallest absolute Gasteiger partial charge is 0.407 e. The Bertz CT molecular complexity index is 1090. The van der Waals surface area contributed by atoms with Crippen LogP contribution in [0.5, 0.6) is 0 Å². The van der Waals surface area contributed by atoms with Crippen LogP contribution >= 0.6 is 27.5 Å². The number of carbonyl (C=O) groups is 1. The minimum atomic E-state index is -0.485. The Morgan fingerprint density at radius 1 is 1.03 bits per heavy atom. The summed E-state index contributed by atoms with van der Waals surface area (Å²) in [6, 6.07) is 21.9. The summed E-state index contributed by atoms with van der Waals surface area (Å²) in [6.45, 7) is 0.463. The molecule has 1 N–H and O–H groups in total. The summed E-state index contributed by atoms with van der Waals surface area (Å²) in [5.41, 5.74) is 5.48. The van der Waals surface area contributed by atoms with Crippen molar-refractivity contribution < 1.29 is 9.53 Å². The van der Waals surface area contributed by atoms with Gasteiger partial charge in [-0.3, -0.25) is 0 Å². The van der Waals surface area contributed by atoms with E-state index >= 15 is 0 Å². The zero-order chi connectivity index (χ0) is 20.2. The van der Waals surface area contributed by atoms with Crippen LogP contribution in [0.15, 0.2) is 71.2 Å². The van der Waals surface area contributed by atoms with Crippen molar-refractivity contribution in [2.75, 3.05) is 13.2 Å². The lowest BCUT2D eigenvalue weighted by molar-refractivity contribution is 0.144. The standard InChI is InChI=1S/C24H17BrClNO2/c25-17-11-12-23(26)16(14-17)6-5-13-27-24(28)29-15-22-20-9-3-1-7-18(20)19-8-2-4-10-21(19)22/h1-4,7-12,14,22H,13,15H2,(H,27,28). The molecule has 0 saturated heterocycles. The van der Waals surface area contributed by atoms with Crippen LogP contribution in [0.4, 0.5) is 4.79 Å². The highest BCUT2D eigenvalue weighted by Gasteiger charge is 2.28. The summed E-state index contributed by atoms with van der Waals surface area (Å²) in [4.78, 5) is 12.1. The molecule has 29 heavy (non-hydrogen) atoms. The Morgan fingerprint density at radius 2 is 1.69 bits per heavy atom. The van der Waals surface area contributed by atoms with Gasteiger partial charge in [-0.1, -0.05) is 87.9 Å². The molecule has 3 aromatic rings. The van der Waals surface area contributed by atoms with Crippen molar-refractivity contribution in [3.05, 3.63) is 92.9 Å². The van der Waals surface area contributed by atoms with Crippen molar-refractivity contribution in [2.45, 2.75) is 5.92 Å². The fourth-order valence-corrected chi connectivity index (χ4v) is 4.02. The Hall–Kier alpha value is -2.74. The number of hydrogen-bond donors (Lipinski definition) is 1. The van der Waals surface area contributed by atoms with Crippen LogP contribution in [0.25, 0.3) is 11.1 Å². The summed E-state index contributed by atoms with van der Waals surface area (Å²) in [5, 5.41) is 3.24. The number of rotatable bonds is 3. The first-order valence-electron chi connectivity index (χ1n) is 9.16. The van der Waals surface area contributed by atoms with Gasteiger partial charge in [-0.25, -0.2) is 4.79 Å². The Balaban J connectivity index is 1.36. The van der Waals surface area contributed by atoms with Crippen LogP contribution < -0.4 is 5.32 Å². The zero-order valence-corrected chi connectivity index (χ0v) is 17.8. The van der Waals surface area contributed by atoms with E-state index in [2.05, 4.69) is 57.4 Å². The van der Waals surface area contributed by atoms with E-state index in [9.17, 15) is 4.79 Å². The van der Waals surface area contributed by atoms with Crippen LogP contribution in [-0.4, -0.2) is 19.2 Å². The van der Waals surface area contributed by atoms with Crippen LogP contribution in [0, 0.1) is 11.8 Å². The van der Waals surface area contributed by atoms with Gasteiger partial charge in [-0.2, -0.15) is 0 Å². The van der Waals surface area contributed by atoms with Crippen molar-refractivity contribution in [3.63, 3.8) is 0 Å². The van der Waals surface area contributed by atoms with E-state index in [0.29, 0.717) is 10.6 Å². The van der Waals surface area contributed by atoms with Crippen LogP contribution in [0.1, 0.15) is 22.6 Å². The maximum Gasteiger partial charge on any atom is 0.407 e. The van der Waals surface area contributed by atoms with Crippen molar-refractivity contribution in [1.82, 2.24) is 5.32 Å². The highest BCUT2D eigenvalue weighted by atomic mass is 79.9. The van der Waals surface area contributed by atoms with Crippen molar-refractivity contribution in [2.24, 2.45) is 0 Å². The van der Waals surface area contributed by atoms with Gasteiger partial charge in [0.25, 0.3) is 0 Å². The quantitative estimate of drug-likeness (QED) is 0.481. The lowest BCUT2D eigenvalue weighted by Crippen LogP contribution is -2.26. The van der Waals surface area contributed by atoms with Crippen LogP contribution in [-0.2, 0) is 4.74 Å². The molecule has 5 heteroatoms. The Morgan fingerprint density at radius 3 is 2.38 bits per heavy atom. The molecule has 0 radical (unpaired) electrons. The first-order chi connectivity index (χ1) is 14.1. The monoisotopic (exact) mass is 465 g/mol. The number of carbonyl (C=O) groups excluding carboxylic acids is 1. The summed E-state index contributed by atoms with van der Waals surface area (Å²) in [7, 11) is 0. The van der Waals surface area contributed by atoms with Gasteiger partial charge >= 0.3 is 6.09 Å². The van der Waals surface area contributed by atoms with E-state index in [1.54, 1.807) is 6.07 Å². The summed E-state index contributed by atoms with van der Waals surface area (Å²) < 4.78 is 6.38. The SMILES string of the molecule is O=C(NCC#Cc1cc(Br)ccc1Cl)OCC1c2ccccc2-c2ccccc21. The second-order valence-corrected chi connectivity index (χ2v) is 7.93. The zero-order valence-electron chi connectivity index (χ0n) is 15.4. The molecule has 0 saturated carbocycles. The van der Waals surface area contributed by atoms with Gasteiger partial charge in [0.15, 0.2) is 0 Å². The topological polar surface area (TPSA) is 38.3 Å². The van der Waals surface area contributed by atoms with Gasteiger partial charge in [0, 0.05) is 16.0 Å². The average Bonchev–Trinajstić information content (AvgIpc) is 3.06. The van der Waals surface area contributed by atoms with E-state index in [1.165, 1.54) is 22.3 Å². The third kappa shape index (κ3) is 4.32. The van der Waals surface area contributed by atoms with Crippen molar-refractivity contribution in [1.29, 1.82) is 0 Å². The summed E-state index contributed by atoms with van der Waals surface area (Å²) >= 11 is 9.50. The largest absolute Gasteiger partial charge is 0.449 e. The first kappa shape index (κ1) is 19.6. The summed E-state index contributed by atoms with van der Waals surface area (Å²) in [5.74, 6) is 5.88. The Labute approximate surface area is 183 Å². The molecule has 3 aromatic carbocycles. The van der Waals surface area contributed by atoms with E-state index in [-0.39, 0.29) is 19.1 Å². The van der Waals surface area contributed by atoms with Gasteiger partial charge < -0.3 is 10.1 Å². The Kier molecular flexibility index (Phi) is 5.89. The third-order valence-electron chi connectivity index (χ3n) is 4.82. The second-order valence-electron chi connectivity index (χ2n) is 6.61. The number of halogens is 2. The van der Waals surface area contributed by atoms with Gasteiger partial charge in [0.2, 0.25) is 0 Å². The van der Waals surface area contributed by atoms with Gasteiger partial charge in [-0.05, 0) is 40.5 Å². The van der Waals surface area contributed by atoms with Gasteiger partial charge in [0.05, 0.1) is 11.6 Å². The van der Waals surface area contributed by atoms with Crippen LogP contribution in [0.2, 0.25) is 5.02 Å². The van der Waals surface area contributed by atoms with Crippen molar-refractivity contribution in [3.8, 4) is 23.0 Å². The normalized spacial score (nSPS) is 11.8. The molecule has 0 heterocycles. The highest BCUT2D eigenvalue weighted by molar-refractivity contribution is 9.10. The molecule has 4 rings (SSSR count). The molecule has 1 aliphatic carbocycles. The number of fused-ring (bicyclic) bond motifs is 3. The minimum Gasteiger partial charge on any atom is -0.449 e. The highest BCUT2D eigenvalue weighted by Crippen LogP contribution is 2.44. The molecule has 0 aliphatic heterocycles. The molecule has 1 aliphatic rings. The third-order valence-corrected chi connectivity index (χ3v) is 5.64. The minimum absolute atomic E-state index is 0.0414.